The highest BCUT2D eigenvalue weighted by Gasteiger charge is 2.29. The summed E-state index contributed by atoms with van der Waals surface area (Å²) >= 11 is 0. The van der Waals surface area contributed by atoms with Crippen LogP contribution in [0.1, 0.15) is 11.7 Å². The van der Waals surface area contributed by atoms with Crippen LogP contribution < -0.4 is 25.0 Å². The Morgan fingerprint density at radius 2 is 1.97 bits per heavy atom. The Kier molecular flexibility index (Phi) is 8.47. The van der Waals surface area contributed by atoms with Crippen molar-refractivity contribution in [3.63, 3.8) is 0 Å². The number of carbonyl (C=O) groups is 2. The summed E-state index contributed by atoms with van der Waals surface area (Å²) in [6.07, 6.45) is -0.423. The predicted octanol–water partition coefficient (Wildman–Crippen LogP) is 2.15. The third kappa shape index (κ3) is 6.35. The lowest BCUT2D eigenvalue weighted by Gasteiger charge is -2.26. The molecule has 1 aliphatic heterocycles. The number of aliphatic hydroxyl groups is 1. The number of amides is 2. The van der Waals surface area contributed by atoms with E-state index in [4.69, 9.17) is 34.0 Å². The van der Waals surface area contributed by atoms with Crippen LogP contribution in [0.3, 0.4) is 0 Å². The lowest BCUT2D eigenvalue weighted by Crippen LogP contribution is -2.28. The first kappa shape index (κ1) is 23.9. The average molecular weight is 460 g/mol. The van der Waals surface area contributed by atoms with Crippen molar-refractivity contribution < 1.29 is 43.6 Å². The molecule has 0 aromatic heterocycles. The van der Waals surface area contributed by atoms with E-state index in [0.717, 1.165) is 6.08 Å². The van der Waals surface area contributed by atoms with E-state index in [2.05, 4.69) is 5.32 Å². The average Bonchev–Trinajstić information content (AvgIpc) is 3.30. The van der Waals surface area contributed by atoms with Crippen molar-refractivity contribution in [2.75, 3.05) is 32.4 Å². The lowest BCUT2D eigenvalue weighted by molar-refractivity contribution is -0.124. The Balaban J connectivity index is 1.85. The van der Waals surface area contributed by atoms with Crippen molar-refractivity contribution in [3.8, 4) is 17.2 Å². The first-order valence-electron chi connectivity index (χ1n) is 9.90. The van der Waals surface area contributed by atoms with E-state index < -0.39 is 24.2 Å². The summed E-state index contributed by atoms with van der Waals surface area (Å²) in [5.41, 5.74) is 2.33. The molecule has 2 atom stereocenters. The number of benzene rings is 2. The van der Waals surface area contributed by atoms with Crippen molar-refractivity contribution in [2.24, 2.45) is 0 Å². The number of nitrogens with one attached hydrogen (secondary N) is 2. The molecule has 176 valence electrons. The van der Waals surface area contributed by atoms with Gasteiger partial charge in [0.25, 0.3) is 5.91 Å². The van der Waals surface area contributed by atoms with E-state index in [0.29, 0.717) is 28.5 Å². The van der Waals surface area contributed by atoms with E-state index in [1.54, 1.807) is 42.5 Å². The number of aliphatic hydroxyl groups excluding tert-OH is 1. The molecule has 11 nitrogen and oxygen atoms in total. The summed E-state index contributed by atoms with van der Waals surface area (Å²) in [5.74, 6) is 0.619. The van der Waals surface area contributed by atoms with E-state index >= 15 is 0 Å². The highest BCUT2D eigenvalue weighted by atomic mass is 16.7. The third-order valence-electron chi connectivity index (χ3n) is 4.55. The van der Waals surface area contributed by atoms with E-state index in [1.165, 1.54) is 18.7 Å². The standard InChI is InChI=1S/C22H24N2O9/c1-29-18(8-9-20(26)24-28)21(15-4-2-3-5-16(15)30-11-10-25)33-22(27)23-14-6-7-17-19(12-14)32-13-31-17/h2-9,12,18,21,25,28H,10-11,13H2,1H3,(H,23,27)(H,24,26)/b9-8+/t18-,21-/m1/s1. The van der Waals surface area contributed by atoms with Crippen molar-refractivity contribution in [1.82, 2.24) is 5.48 Å². The Hall–Kier alpha value is -3.80. The quantitative estimate of drug-likeness (QED) is 0.238. The van der Waals surface area contributed by atoms with Gasteiger partial charge in [-0.05, 0) is 24.3 Å². The number of hydrogen-bond donors (Lipinski definition) is 4. The summed E-state index contributed by atoms with van der Waals surface area (Å²) in [5, 5.41) is 20.5. The van der Waals surface area contributed by atoms with Gasteiger partial charge in [0, 0.05) is 30.5 Å². The molecule has 0 aliphatic carbocycles. The molecule has 0 radical (unpaired) electrons. The summed E-state index contributed by atoms with van der Waals surface area (Å²) < 4.78 is 27.2. The molecule has 11 heteroatoms. The van der Waals surface area contributed by atoms with Crippen LogP contribution in [0.25, 0.3) is 0 Å². The van der Waals surface area contributed by atoms with Crippen molar-refractivity contribution >= 4 is 17.7 Å². The molecule has 0 unspecified atom stereocenters. The number of hydrogen-bond acceptors (Lipinski definition) is 9. The number of rotatable bonds is 10. The van der Waals surface area contributed by atoms with Crippen LogP contribution in [0.5, 0.6) is 17.2 Å². The minimum atomic E-state index is -1.05. The molecule has 0 fully saturated rings. The molecule has 2 aromatic carbocycles. The van der Waals surface area contributed by atoms with Crippen LogP contribution in [-0.2, 0) is 14.3 Å². The van der Waals surface area contributed by atoms with Crippen LogP contribution >= 0.6 is 0 Å². The Bertz CT molecular complexity index is 996. The maximum Gasteiger partial charge on any atom is 0.412 e. The Labute approximate surface area is 189 Å². The highest BCUT2D eigenvalue weighted by Crippen LogP contribution is 2.35. The smallest absolute Gasteiger partial charge is 0.412 e. The molecule has 1 heterocycles. The first-order chi connectivity index (χ1) is 16.0. The van der Waals surface area contributed by atoms with E-state index in [1.807, 2.05) is 0 Å². The molecule has 33 heavy (non-hydrogen) atoms. The number of para-hydroxylation sites is 1. The van der Waals surface area contributed by atoms with Gasteiger partial charge in [-0.1, -0.05) is 18.2 Å². The zero-order valence-electron chi connectivity index (χ0n) is 17.7. The van der Waals surface area contributed by atoms with Gasteiger partial charge in [0.2, 0.25) is 6.79 Å². The van der Waals surface area contributed by atoms with Crippen LogP contribution in [0.4, 0.5) is 10.5 Å². The second-order valence-corrected chi connectivity index (χ2v) is 6.66. The molecule has 2 amide bonds. The van der Waals surface area contributed by atoms with Crippen LogP contribution in [0.15, 0.2) is 54.6 Å². The largest absolute Gasteiger partial charge is 0.491 e. The van der Waals surface area contributed by atoms with Crippen LogP contribution in [0.2, 0.25) is 0 Å². The van der Waals surface area contributed by atoms with Crippen LogP contribution in [-0.4, -0.2) is 55.5 Å². The minimum Gasteiger partial charge on any atom is -0.491 e. The van der Waals surface area contributed by atoms with Crippen molar-refractivity contribution in [1.29, 1.82) is 0 Å². The second kappa shape index (κ2) is 11.7. The van der Waals surface area contributed by atoms with Crippen LogP contribution in [0, 0.1) is 0 Å². The topological polar surface area (TPSA) is 145 Å². The third-order valence-corrected chi connectivity index (χ3v) is 4.55. The normalized spacial score (nSPS) is 13.9. The van der Waals surface area contributed by atoms with E-state index in [9.17, 15) is 9.59 Å². The summed E-state index contributed by atoms with van der Waals surface area (Å²) in [4.78, 5) is 24.2. The summed E-state index contributed by atoms with van der Waals surface area (Å²) in [7, 11) is 1.37. The molecule has 2 aromatic rings. The van der Waals surface area contributed by atoms with Crippen molar-refractivity contribution in [2.45, 2.75) is 12.2 Å². The number of hydroxylamine groups is 1. The summed E-state index contributed by atoms with van der Waals surface area (Å²) in [6, 6.07) is 11.6. The molecule has 0 saturated carbocycles. The molecule has 1 aliphatic rings. The fourth-order valence-corrected chi connectivity index (χ4v) is 3.07. The van der Waals surface area contributed by atoms with Gasteiger partial charge in [0.15, 0.2) is 17.6 Å². The van der Waals surface area contributed by atoms with Gasteiger partial charge in [-0.3, -0.25) is 15.3 Å². The maximum absolute atomic E-state index is 12.8. The molecular weight excluding hydrogens is 436 g/mol. The number of anilines is 1. The SMILES string of the molecule is CO[C@H](/C=C/C(=O)NO)[C@H](OC(=O)Nc1ccc2c(c1)OCO2)c1ccccc1OCCO. The predicted molar refractivity (Wildman–Crippen MR) is 114 cm³/mol. The number of carbonyl (C=O) groups excluding carboxylic acids is 2. The zero-order valence-corrected chi connectivity index (χ0v) is 17.7. The van der Waals surface area contributed by atoms with Gasteiger partial charge in [-0.15, -0.1) is 0 Å². The molecule has 0 saturated heterocycles. The van der Waals surface area contributed by atoms with Gasteiger partial charge in [0.1, 0.15) is 18.5 Å². The first-order valence-corrected chi connectivity index (χ1v) is 9.90. The monoisotopic (exact) mass is 460 g/mol. The molecule has 3 rings (SSSR count). The number of fused-ring (bicyclic) bond motifs is 1. The van der Waals surface area contributed by atoms with Gasteiger partial charge >= 0.3 is 6.09 Å². The van der Waals surface area contributed by atoms with Gasteiger partial charge in [-0.25, -0.2) is 10.3 Å². The lowest BCUT2D eigenvalue weighted by atomic mass is 10.0. The zero-order chi connectivity index (χ0) is 23.6. The van der Waals surface area contributed by atoms with E-state index in [-0.39, 0.29) is 20.0 Å². The second-order valence-electron chi connectivity index (χ2n) is 6.66. The van der Waals surface area contributed by atoms with Crippen molar-refractivity contribution in [3.05, 3.63) is 60.2 Å². The maximum atomic E-state index is 12.8. The van der Waals surface area contributed by atoms with Gasteiger partial charge in [-0.2, -0.15) is 0 Å². The minimum absolute atomic E-state index is 0.0214. The molecule has 4 N–H and O–H groups in total. The summed E-state index contributed by atoms with van der Waals surface area (Å²) in [6.45, 7) is -0.0958. The fourth-order valence-electron chi connectivity index (χ4n) is 3.07. The number of ether oxygens (including phenoxy) is 5. The molecular formula is C22H24N2O9. The molecule has 0 spiro atoms. The Morgan fingerprint density at radius 1 is 1.18 bits per heavy atom. The Morgan fingerprint density at radius 3 is 2.73 bits per heavy atom. The van der Waals surface area contributed by atoms with Gasteiger partial charge in [0.05, 0.1) is 6.61 Å². The highest BCUT2D eigenvalue weighted by molar-refractivity contribution is 5.87. The molecule has 0 bridgehead atoms. The fraction of sp³-hybridized carbons (Fsp3) is 0.273. The number of methoxy groups -OCH3 is 1. The van der Waals surface area contributed by atoms with Gasteiger partial charge < -0.3 is 28.8 Å².